The van der Waals surface area contributed by atoms with E-state index in [0.717, 1.165) is 0 Å². The maximum absolute atomic E-state index is 14.2. The Morgan fingerprint density at radius 1 is 1.17 bits per heavy atom. The van der Waals surface area contributed by atoms with Gasteiger partial charge in [-0.1, -0.05) is 24.3 Å². The molecule has 0 amide bonds. The quantitative estimate of drug-likeness (QED) is 0.842. The van der Waals surface area contributed by atoms with Crippen molar-refractivity contribution in [2.45, 2.75) is 18.3 Å². The molecule has 1 aliphatic heterocycles. The number of rotatable bonds is 5. The van der Waals surface area contributed by atoms with Crippen molar-refractivity contribution in [3.8, 4) is 5.75 Å². The van der Waals surface area contributed by atoms with Crippen LogP contribution < -0.4 is 14.4 Å². The van der Waals surface area contributed by atoms with Crippen LogP contribution in [0.15, 0.2) is 48.5 Å². The number of para-hydroxylation sites is 2. The lowest BCUT2D eigenvalue weighted by atomic mass is 10.2. The normalized spacial score (nSPS) is 18.8. The van der Waals surface area contributed by atoms with E-state index in [-0.39, 0.29) is 17.9 Å². The van der Waals surface area contributed by atoms with E-state index in [1.807, 2.05) is 0 Å². The molecule has 7 heteroatoms. The molecule has 128 valence electrons. The lowest BCUT2D eigenvalue weighted by Crippen LogP contribution is -2.43. The number of sulfonamides is 1. The number of hydrogen-bond acceptors (Lipinski definition) is 4. The molecule has 0 fully saturated rings. The van der Waals surface area contributed by atoms with E-state index in [9.17, 15) is 12.8 Å². The predicted octanol–water partition coefficient (Wildman–Crippen LogP) is 3.01. The Labute approximate surface area is 141 Å². The molecular formula is C17H19FN2O3S. The minimum Gasteiger partial charge on any atom is -0.467 e. The molecule has 0 bridgehead atoms. The molecule has 0 spiro atoms. The fourth-order valence-corrected chi connectivity index (χ4v) is 4.47. The van der Waals surface area contributed by atoms with Crippen LogP contribution in [0.2, 0.25) is 0 Å². The van der Waals surface area contributed by atoms with Gasteiger partial charge in [-0.15, -0.1) is 0 Å². The summed E-state index contributed by atoms with van der Waals surface area (Å²) in [6, 6.07) is 12.9. The number of anilines is 2. The van der Waals surface area contributed by atoms with Crippen LogP contribution in [0.25, 0.3) is 0 Å². The molecule has 0 aromatic heterocycles. The second-order valence-electron chi connectivity index (χ2n) is 5.53. The van der Waals surface area contributed by atoms with Gasteiger partial charge in [0, 0.05) is 6.42 Å². The van der Waals surface area contributed by atoms with Gasteiger partial charge >= 0.3 is 0 Å². The van der Waals surface area contributed by atoms with Gasteiger partial charge in [-0.3, -0.25) is 0 Å². The van der Waals surface area contributed by atoms with Crippen LogP contribution in [0.4, 0.5) is 15.8 Å². The topological polar surface area (TPSA) is 58.6 Å². The van der Waals surface area contributed by atoms with Crippen molar-refractivity contribution < 1.29 is 17.5 Å². The van der Waals surface area contributed by atoms with Crippen LogP contribution in [-0.2, 0) is 10.0 Å². The second kappa shape index (κ2) is 6.78. The average Bonchev–Trinajstić information content (AvgIpc) is 2.56. The minimum atomic E-state index is -3.81. The maximum atomic E-state index is 14.2. The Kier molecular flexibility index (Phi) is 4.73. The van der Waals surface area contributed by atoms with Crippen molar-refractivity contribution in [2.75, 3.05) is 17.9 Å². The first-order valence-electron chi connectivity index (χ1n) is 7.74. The highest BCUT2D eigenvalue weighted by atomic mass is 32.2. The Bertz CT molecular complexity index is 812. The second-order valence-corrected chi connectivity index (χ2v) is 7.45. The van der Waals surface area contributed by atoms with Gasteiger partial charge in [0.1, 0.15) is 5.69 Å². The highest BCUT2D eigenvalue weighted by molar-refractivity contribution is 7.93. The fourth-order valence-electron chi connectivity index (χ4n) is 2.72. The molecule has 1 heterocycles. The van der Waals surface area contributed by atoms with Crippen molar-refractivity contribution in [1.82, 2.24) is 5.32 Å². The molecular weight excluding hydrogens is 331 g/mol. The number of halogens is 1. The highest BCUT2D eigenvalue weighted by Crippen LogP contribution is 2.44. The maximum Gasteiger partial charge on any atom is 0.277 e. The largest absolute Gasteiger partial charge is 0.467 e. The summed E-state index contributed by atoms with van der Waals surface area (Å²) in [7, 11) is -2.02. The monoisotopic (exact) mass is 350 g/mol. The molecule has 1 atom stereocenters. The summed E-state index contributed by atoms with van der Waals surface area (Å²) in [6.07, 6.45) is 0.882. The lowest BCUT2D eigenvalue weighted by molar-refractivity contribution is 0.243. The summed E-state index contributed by atoms with van der Waals surface area (Å²) in [5.41, 5.74) is -0.451. The molecule has 2 aromatic carbocycles. The Morgan fingerprint density at radius 2 is 1.92 bits per heavy atom. The standard InChI is InChI=1S/C17H19FN2O3S/c1-19-12-6-11-16-23-17-14(18)9-5-10-15(17)20(24(16,21)22)13-7-3-2-4-8-13/h2-5,7-10,16,19H,6,11-12H2,1H3. The van der Waals surface area contributed by atoms with Crippen molar-refractivity contribution in [2.24, 2.45) is 0 Å². The third-order valence-electron chi connectivity index (χ3n) is 3.86. The van der Waals surface area contributed by atoms with Crippen molar-refractivity contribution in [3.63, 3.8) is 0 Å². The van der Waals surface area contributed by atoms with Crippen LogP contribution in [0, 0.1) is 5.82 Å². The smallest absolute Gasteiger partial charge is 0.277 e. The van der Waals surface area contributed by atoms with Gasteiger partial charge in [-0.2, -0.15) is 0 Å². The summed E-state index contributed by atoms with van der Waals surface area (Å²) in [5.74, 6) is -0.590. The molecule has 1 unspecified atom stereocenters. The fraction of sp³-hybridized carbons (Fsp3) is 0.294. The van der Waals surface area contributed by atoms with Crippen molar-refractivity contribution >= 4 is 21.4 Å². The van der Waals surface area contributed by atoms with Crippen molar-refractivity contribution in [1.29, 1.82) is 0 Å². The zero-order chi connectivity index (χ0) is 17.2. The van der Waals surface area contributed by atoms with Crippen LogP contribution in [0.1, 0.15) is 12.8 Å². The van der Waals surface area contributed by atoms with Crippen LogP contribution in [0.3, 0.4) is 0 Å². The highest BCUT2D eigenvalue weighted by Gasteiger charge is 2.41. The first kappa shape index (κ1) is 16.7. The van der Waals surface area contributed by atoms with Gasteiger partial charge in [-0.05, 0) is 44.3 Å². The Morgan fingerprint density at radius 3 is 2.62 bits per heavy atom. The van der Waals surface area contributed by atoms with E-state index in [4.69, 9.17) is 4.74 Å². The van der Waals surface area contributed by atoms with E-state index in [0.29, 0.717) is 18.7 Å². The van der Waals surface area contributed by atoms with Gasteiger partial charge in [0.05, 0.1) is 5.69 Å². The van der Waals surface area contributed by atoms with E-state index in [1.54, 1.807) is 43.4 Å². The number of benzene rings is 2. The molecule has 1 N–H and O–H groups in total. The summed E-state index contributed by atoms with van der Waals surface area (Å²) >= 11 is 0. The molecule has 0 saturated carbocycles. The molecule has 5 nitrogen and oxygen atoms in total. The third-order valence-corrected chi connectivity index (χ3v) is 5.77. The Balaban J connectivity index is 2.09. The molecule has 0 saturated heterocycles. The molecule has 1 aliphatic rings. The van der Waals surface area contributed by atoms with Gasteiger partial charge in [-0.25, -0.2) is 17.1 Å². The average molecular weight is 350 g/mol. The van der Waals surface area contributed by atoms with Gasteiger partial charge in [0.2, 0.25) is 5.44 Å². The summed E-state index contributed by atoms with van der Waals surface area (Å²) < 4.78 is 47.0. The van der Waals surface area contributed by atoms with Crippen molar-refractivity contribution in [3.05, 3.63) is 54.3 Å². The number of ether oxygens (including phenoxy) is 1. The zero-order valence-corrected chi connectivity index (χ0v) is 14.1. The van der Waals surface area contributed by atoms with Crippen LogP contribution in [-0.4, -0.2) is 27.4 Å². The lowest BCUT2D eigenvalue weighted by Gasteiger charge is -2.35. The number of fused-ring (bicyclic) bond motifs is 1. The summed E-state index contributed by atoms with van der Waals surface area (Å²) in [5, 5.41) is 2.97. The minimum absolute atomic E-state index is 0.0226. The SMILES string of the molecule is CNCCCC1Oc2c(F)cccc2N(c2ccccc2)S1(=O)=O. The van der Waals surface area contributed by atoms with E-state index >= 15 is 0 Å². The van der Waals surface area contributed by atoms with E-state index < -0.39 is 21.3 Å². The van der Waals surface area contributed by atoms with Crippen LogP contribution in [0.5, 0.6) is 5.75 Å². The van der Waals surface area contributed by atoms with Gasteiger partial charge in [0.15, 0.2) is 11.6 Å². The molecule has 24 heavy (non-hydrogen) atoms. The van der Waals surface area contributed by atoms with E-state index in [1.165, 1.54) is 16.4 Å². The first-order valence-corrected chi connectivity index (χ1v) is 9.25. The van der Waals surface area contributed by atoms with Crippen LogP contribution >= 0.6 is 0 Å². The molecule has 0 radical (unpaired) electrons. The molecule has 2 aromatic rings. The van der Waals surface area contributed by atoms with Gasteiger partial charge in [0.25, 0.3) is 10.0 Å². The number of nitrogens with zero attached hydrogens (tertiary/aromatic N) is 1. The van der Waals surface area contributed by atoms with E-state index in [2.05, 4.69) is 5.32 Å². The zero-order valence-electron chi connectivity index (χ0n) is 13.3. The van der Waals surface area contributed by atoms with Gasteiger partial charge < -0.3 is 10.1 Å². The number of hydrogen-bond donors (Lipinski definition) is 1. The summed E-state index contributed by atoms with van der Waals surface area (Å²) in [4.78, 5) is 0. The third kappa shape index (κ3) is 2.97. The predicted molar refractivity (Wildman–Crippen MR) is 91.5 cm³/mol. The molecule has 0 aliphatic carbocycles. The summed E-state index contributed by atoms with van der Waals surface area (Å²) in [6.45, 7) is 0.658. The first-order chi connectivity index (χ1) is 11.6. The number of nitrogens with one attached hydrogen (secondary N) is 1. The molecule has 3 rings (SSSR count). The Hall–Kier alpha value is -2.12.